The number of hydrogen-bond acceptors (Lipinski definition) is 7. The van der Waals surface area contributed by atoms with Gasteiger partial charge < -0.3 is 5.32 Å². The van der Waals surface area contributed by atoms with Crippen LogP contribution in [0, 0.1) is 24.7 Å². The Hall–Kier alpha value is -2.62. The molecule has 2 amide bonds. The Labute approximate surface area is 235 Å². The number of rotatable bonds is 7. The number of carbonyl (C=O) groups is 2. The number of piperidine rings is 1. The van der Waals surface area contributed by atoms with Gasteiger partial charge in [0.2, 0.25) is 11.8 Å². The van der Waals surface area contributed by atoms with Gasteiger partial charge in [-0.25, -0.2) is 4.98 Å². The minimum atomic E-state index is -0.703. The molecule has 1 unspecified atom stereocenters. The number of hydrogen-bond donors (Lipinski definition) is 2. The van der Waals surface area contributed by atoms with Crippen molar-refractivity contribution in [1.29, 1.82) is 0 Å². The number of carbonyl (C=O) groups excluding carboxylic acids is 2. The lowest BCUT2D eigenvalue weighted by Gasteiger charge is -2.57. The molecule has 1 atom stereocenters. The van der Waals surface area contributed by atoms with Gasteiger partial charge in [-0.05, 0) is 81.3 Å². The van der Waals surface area contributed by atoms with Gasteiger partial charge in [0.05, 0.1) is 10.9 Å². The van der Waals surface area contributed by atoms with Crippen molar-refractivity contribution in [3.05, 3.63) is 39.9 Å². The SMILES string of the molecule is Cc1nc2cccc(CN3CCN(CCNC45CC6CC(CC(C6)C4)C5)CC3)c2c(=O)n1C1CCC(=O)NC1=O. The molecule has 214 valence electrons. The van der Waals surface area contributed by atoms with Gasteiger partial charge in [-0.15, -0.1) is 0 Å². The summed E-state index contributed by atoms with van der Waals surface area (Å²) in [6.45, 7) is 8.63. The van der Waals surface area contributed by atoms with Gasteiger partial charge in [-0.3, -0.25) is 34.1 Å². The Balaban J connectivity index is 0.985. The Morgan fingerprint density at radius 1 is 0.975 bits per heavy atom. The molecular weight excluding hydrogens is 504 g/mol. The van der Waals surface area contributed by atoms with Crippen molar-refractivity contribution >= 4 is 22.7 Å². The highest BCUT2D eigenvalue weighted by atomic mass is 16.2. The van der Waals surface area contributed by atoms with Gasteiger partial charge in [-0.1, -0.05) is 12.1 Å². The lowest BCUT2D eigenvalue weighted by atomic mass is 9.53. The summed E-state index contributed by atoms with van der Waals surface area (Å²) in [5.74, 6) is 2.72. The summed E-state index contributed by atoms with van der Waals surface area (Å²) >= 11 is 0. The van der Waals surface area contributed by atoms with E-state index in [-0.39, 0.29) is 17.9 Å². The molecule has 2 aromatic rings. The molecule has 3 heterocycles. The fourth-order valence-corrected chi connectivity index (χ4v) is 9.07. The summed E-state index contributed by atoms with van der Waals surface area (Å²) in [7, 11) is 0. The van der Waals surface area contributed by atoms with Crippen LogP contribution in [-0.4, -0.2) is 76.0 Å². The second-order valence-electron chi connectivity index (χ2n) is 13.4. The molecule has 9 heteroatoms. The molecule has 6 aliphatic rings. The lowest BCUT2D eigenvalue weighted by molar-refractivity contribution is -0.135. The van der Waals surface area contributed by atoms with E-state index in [1.807, 2.05) is 18.2 Å². The summed E-state index contributed by atoms with van der Waals surface area (Å²) in [6, 6.07) is 5.14. The maximum atomic E-state index is 13.8. The van der Waals surface area contributed by atoms with Crippen LogP contribution in [0.3, 0.4) is 0 Å². The van der Waals surface area contributed by atoms with E-state index in [1.165, 1.54) is 43.1 Å². The maximum absolute atomic E-state index is 13.8. The Morgan fingerprint density at radius 3 is 2.33 bits per heavy atom. The molecular formula is C31H42N6O3. The number of imide groups is 1. The van der Waals surface area contributed by atoms with Crippen molar-refractivity contribution in [2.24, 2.45) is 17.8 Å². The summed E-state index contributed by atoms with van der Waals surface area (Å²) in [5.41, 5.74) is 1.85. The van der Waals surface area contributed by atoms with Gasteiger partial charge in [0.15, 0.2) is 0 Å². The van der Waals surface area contributed by atoms with Crippen molar-refractivity contribution in [2.75, 3.05) is 39.3 Å². The van der Waals surface area contributed by atoms with Gasteiger partial charge in [-0.2, -0.15) is 0 Å². The van der Waals surface area contributed by atoms with E-state index >= 15 is 0 Å². The van der Waals surface area contributed by atoms with Crippen LogP contribution in [0.2, 0.25) is 0 Å². The molecule has 2 N–H and O–H groups in total. The van der Waals surface area contributed by atoms with Crippen molar-refractivity contribution < 1.29 is 9.59 Å². The van der Waals surface area contributed by atoms with E-state index in [0.717, 1.165) is 62.6 Å². The summed E-state index contributed by atoms with van der Waals surface area (Å²) in [6.07, 6.45) is 9.21. The van der Waals surface area contributed by atoms with Gasteiger partial charge >= 0.3 is 0 Å². The highest BCUT2D eigenvalue weighted by Gasteiger charge is 2.50. The second kappa shape index (κ2) is 10.3. The topological polar surface area (TPSA) is 99.6 Å². The average molecular weight is 547 g/mol. The van der Waals surface area contributed by atoms with Crippen molar-refractivity contribution in [2.45, 2.75) is 76.4 Å². The first-order chi connectivity index (χ1) is 19.4. The largest absolute Gasteiger partial charge is 0.310 e. The highest BCUT2D eigenvalue weighted by Crippen LogP contribution is 2.55. The number of fused-ring (bicyclic) bond motifs is 1. The zero-order chi connectivity index (χ0) is 27.4. The Kier molecular flexibility index (Phi) is 6.79. The van der Waals surface area contributed by atoms with Crippen molar-refractivity contribution in [1.82, 2.24) is 30.0 Å². The standard InChI is InChI=1S/C31H42N6O3/c1-20-33-25-4-2-3-24(28(25)30(40)37(20)26-5-6-27(38)34-29(26)39)19-36-11-9-35(10-12-36)8-7-32-31-16-21-13-22(17-31)15-23(14-21)18-31/h2-4,21-23,26,32H,5-19H2,1H3,(H,34,38,39). The minimum Gasteiger partial charge on any atom is -0.310 e. The van der Waals surface area contributed by atoms with E-state index in [9.17, 15) is 14.4 Å². The normalized spacial score (nSPS) is 32.6. The molecule has 4 saturated carbocycles. The predicted octanol–water partition coefficient (Wildman–Crippen LogP) is 2.36. The molecule has 1 aromatic heterocycles. The molecule has 0 spiro atoms. The number of nitrogens with one attached hydrogen (secondary N) is 2. The quantitative estimate of drug-likeness (QED) is 0.515. The molecule has 1 aromatic carbocycles. The maximum Gasteiger partial charge on any atom is 0.262 e. The van der Waals surface area contributed by atoms with Crippen LogP contribution in [0.1, 0.15) is 68.8 Å². The van der Waals surface area contributed by atoms with E-state index in [2.05, 4.69) is 20.4 Å². The van der Waals surface area contributed by atoms with E-state index < -0.39 is 11.9 Å². The Morgan fingerprint density at radius 2 is 1.65 bits per heavy atom. The number of piperazine rings is 1. The number of benzene rings is 1. The van der Waals surface area contributed by atoms with Gasteiger partial charge in [0.25, 0.3) is 5.56 Å². The monoisotopic (exact) mass is 546 g/mol. The third-order valence-electron chi connectivity index (χ3n) is 10.5. The molecule has 6 fully saturated rings. The zero-order valence-corrected chi connectivity index (χ0v) is 23.7. The third-order valence-corrected chi connectivity index (χ3v) is 10.5. The minimum absolute atomic E-state index is 0.193. The van der Waals surface area contributed by atoms with Crippen LogP contribution in [0.5, 0.6) is 0 Å². The molecule has 8 rings (SSSR count). The van der Waals surface area contributed by atoms with E-state index in [1.54, 1.807) is 6.92 Å². The molecule has 4 aliphatic carbocycles. The number of aromatic nitrogens is 2. The summed E-state index contributed by atoms with van der Waals surface area (Å²) in [5, 5.41) is 7.01. The van der Waals surface area contributed by atoms with Crippen molar-refractivity contribution in [3.8, 4) is 0 Å². The fourth-order valence-electron chi connectivity index (χ4n) is 9.07. The predicted molar refractivity (Wildman–Crippen MR) is 153 cm³/mol. The second-order valence-corrected chi connectivity index (χ2v) is 13.4. The highest BCUT2D eigenvalue weighted by molar-refractivity contribution is 5.99. The molecule has 9 nitrogen and oxygen atoms in total. The summed E-state index contributed by atoms with van der Waals surface area (Å²) in [4.78, 5) is 47.7. The van der Waals surface area contributed by atoms with Crippen LogP contribution in [0.25, 0.3) is 10.9 Å². The molecule has 2 aliphatic heterocycles. The number of nitrogens with zero attached hydrogens (tertiary/aromatic N) is 4. The zero-order valence-electron chi connectivity index (χ0n) is 23.7. The van der Waals surface area contributed by atoms with Gasteiger partial charge in [0.1, 0.15) is 11.9 Å². The van der Waals surface area contributed by atoms with Crippen LogP contribution in [-0.2, 0) is 16.1 Å². The first kappa shape index (κ1) is 26.3. The molecule has 2 saturated heterocycles. The Bertz CT molecular complexity index is 1340. The third kappa shape index (κ3) is 4.90. The first-order valence-electron chi connectivity index (χ1n) is 15.4. The molecule has 0 radical (unpaired) electrons. The van der Waals surface area contributed by atoms with Crippen LogP contribution < -0.4 is 16.2 Å². The molecule has 4 bridgehead atoms. The van der Waals surface area contributed by atoms with E-state index in [4.69, 9.17) is 4.98 Å². The molecule has 40 heavy (non-hydrogen) atoms. The van der Waals surface area contributed by atoms with E-state index in [0.29, 0.717) is 35.2 Å². The number of amides is 2. The van der Waals surface area contributed by atoms with Gasteiger partial charge in [0, 0.05) is 57.8 Å². The van der Waals surface area contributed by atoms with Crippen LogP contribution >= 0.6 is 0 Å². The summed E-state index contributed by atoms with van der Waals surface area (Å²) < 4.78 is 1.49. The van der Waals surface area contributed by atoms with Crippen LogP contribution in [0.4, 0.5) is 0 Å². The fraction of sp³-hybridized carbons (Fsp3) is 0.677. The number of aryl methyl sites for hydroxylation is 1. The smallest absolute Gasteiger partial charge is 0.262 e. The first-order valence-corrected chi connectivity index (χ1v) is 15.4. The van der Waals surface area contributed by atoms with Crippen molar-refractivity contribution in [3.63, 3.8) is 0 Å². The lowest BCUT2D eigenvalue weighted by Crippen LogP contribution is -2.59. The average Bonchev–Trinajstić information content (AvgIpc) is 2.90. The van der Waals surface area contributed by atoms with Crippen LogP contribution in [0.15, 0.2) is 23.0 Å².